The number of rotatable bonds is 2. The first-order chi connectivity index (χ1) is 11.6. The summed E-state index contributed by atoms with van der Waals surface area (Å²) in [6, 6.07) is 2.00. The number of nitrogens with one attached hydrogen (secondary N) is 2. The average molecular weight is 374 g/mol. The van der Waals surface area contributed by atoms with Crippen LogP contribution in [-0.4, -0.2) is 26.6 Å². The van der Waals surface area contributed by atoms with E-state index < -0.39 is 34.6 Å². The lowest BCUT2D eigenvalue weighted by molar-refractivity contribution is -0.137. The Kier molecular flexibility index (Phi) is 4.15. The van der Waals surface area contributed by atoms with Gasteiger partial charge in [-0.3, -0.25) is 14.9 Å². The predicted molar refractivity (Wildman–Crippen MR) is 82.1 cm³/mol. The number of hydrogen-bond donors (Lipinski definition) is 2. The second-order valence-corrected chi connectivity index (χ2v) is 5.78. The van der Waals surface area contributed by atoms with Crippen LogP contribution in [0, 0.1) is 6.92 Å². The Morgan fingerprint density at radius 1 is 1.44 bits per heavy atom. The summed E-state index contributed by atoms with van der Waals surface area (Å²) in [7, 11) is 0. The topological polar surface area (TPSA) is 88.9 Å². The van der Waals surface area contributed by atoms with Gasteiger partial charge in [0.1, 0.15) is 11.9 Å². The van der Waals surface area contributed by atoms with E-state index >= 15 is 0 Å². The molecule has 0 spiro atoms. The molecule has 0 unspecified atom stereocenters. The molecule has 25 heavy (non-hydrogen) atoms. The Balaban J connectivity index is 1.87. The highest BCUT2D eigenvalue weighted by atomic mass is 35.5. The number of amides is 2. The van der Waals surface area contributed by atoms with Crippen molar-refractivity contribution in [3.05, 3.63) is 34.6 Å². The molecule has 1 aromatic carbocycles. The van der Waals surface area contributed by atoms with Crippen LogP contribution in [0.3, 0.4) is 0 Å². The molecule has 2 N–H and O–H groups in total. The molecule has 0 fully saturated rings. The molecule has 0 aliphatic carbocycles. The normalized spacial score (nSPS) is 17.0. The molecule has 11 heteroatoms. The van der Waals surface area contributed by atoms with Crippen molar-refractivity contribution in [2.45, 2.75) is 25.6 Å². The summed E-state index contributed by atoms with van der Waals surface area (Å²) in [5, 5.41) is 8.38. The molecule has 0 radical (unpaired) electrons. The lowest BCUT2D eigenvalue weighted by atomic mass is 10.1. The van der Waals surface area contributed by atoms with Crippen LogP contribution in [0.5, 0.6) is 0 Å². The molecule has 1 aromatic heterocycles. The molecule has 1 atom stereocenters. The zero-order valence-electron chi connectivity index (χ0n) is 12.7. The van der Waals surface area contributed by atoms with E-state index in [1.165, 1.54) is 10.7 Å². The number of carbonyl (C=O) groups is 2. The maximum atomic E-state index is 12.9. The smallest absolute Gasteiger partial charge is 0.324 e. The maximum Gasteiger partial charge on any atom is 0.417 e. The van der Waals surface area contributed by atoms with E-state index in [1.807, 2.05) is 0 Å². The fourth-order valence-corrected chi connectivity index (χ4v) is 2.64. The minimum Gasteiger partial charge on any atom is -0.324 e. The molecule has 2 heterocycles. The zero-order valence-corrected chi connectivity index (χ0v) is 13.4. The van der Waals surface area contributed by atoms with Crippen LogP contribution in [0.25, 0.3) is 0 Å². The van der Waals surface area contributed by atoms with Gasteiger partial charge in [-0.15, -0.1) is 0 Å². The van der Waals surface area contributed by atoms with Gasteiger partial charge in [0.2, 0.25) is 17.8 Å². The van der Waals surface area contributed by atoms with E-state index in [2.05, 4.69) is 20.7 Å². The molecule has 0 saturated carbocycles. The Morgan fingerprint density at radius 2 is 2.16 bits per heavy atom. The number of benzene rings is 1. The van der Waals surface area contributed by atoms with Crippen molar-refractivity contribution < 1.29 is 22.8 Å². The standard InChI is InChI=1S/C14H11ClF3N5O2/c1-6-19-13-21-11(24)5-10(23(13)22-6)12(25)20-7-2-3-9(15)8(4-7)14(16,17)18/h2-4,10H,5H2,1H3,(H,20,25)(H,19,21,22,24)/t10-/m1/s1. The van der Waals surface area contributed by atoms with Crippen molar-refractivity contribution >= 4 is 35.1 Å². The van der Waals surface area contributed by atoms with Crippen molar-refractivity contribution in [3.8, 4) is 0 Å². The first-order valence-electron chi connectivity index (χ1n) is 7.06. The van der Waals surface area contributed by atoms with E-state index in [-0.39, 0.29) is 18.1 Å². The van der Waals surface area contributed by atoms with Crippen LogP contribution in [0.15, 0.2) is 18.2 Å². The summed E-state index contributed by atoms with van der Waals surface area (Å²) >= 11 is 5.55. The summed E-state index contributed by atoms with van der Waals surface area (Å²) < 4.78 is 39.9. The summed E-state index contributed by atoms with van der Waals surface area (Å²) in [6.45, 7) is 1.58. The van der Waals surface area contributed by atoms with Gasteiger partial charge in [0, 0.05) is 5.69 Å². The second-order valence-electron chi connectivity index (χ2n) is 5.38. The Hall–Kier alpha value is -2.62. The van der Waals surface area contributed by atoms with Gasteiger partial charge in [-0.25, -0.2) is 4.68 Å². The van der Waals surface area contributed by atoms with Gasteiger partial charge in [-0.05, 0) is 25.1 Å². The molecule has 2 aromatic rings. The molecular weight excluding hydrogens is 363 g/mol. The van der Waals surface area contributed by atoms with Crippen LogP contribution >= 0.6 is 11.6 Å². The van der Waals surface area contributed by atoms with Crippen LogP contribution in [0.2, 0.25) is 5.02 Å². The molecule has 3 rings (SSSR count). The van der Waals surface area contributed by atoms with E-state index in [4.69, 9.17) is 11.6 Å². The van der Waals surface area contributed by atoms with E-state index in [9.17, 15) is 22.8 Å². The number of alkyl halides is 3. The van der Waals surface area contributed by atoms with E-state index in [1.54, 1.807) is 6.92 Å². The molecular formula is C14H11ClF3N5O2. The third-order valence-electron chi connectivity index (χ3n) is 3.50. The van der Waals surface area contributed by atoms with Gasteiger partial charge in [0.25, 0.3) is 0 Å². The third kappa shape index (κ3) is 3.43. The van der Waals surface area contributed by atoms with Crippen molar-refractivity contribution in [1.82, 2.24) is 14.8 Å². The van der Waals surface area contributed by atoms with Gasteiger partial charge >= 0.3 is 6.18 Å². The highest BCUT2D eigenvalue weighted by molar-refractivity contribution is 6.31. The number of aryl methyl sites for hydroxylation is 1. The number of hydrogen-bond acceptors (Lipinski definition) is 4. The molecule has 2 amide bonds. The molecule has 0 saturated heterocycles. The molecule has 7 nitrogen and oxygen atoms in total. The van der Waals surface area contributed by atoms with Gasteiger partial charge in [0.15, 0.2) is 0 Å². The third-order valence-corrected chi connectivity index (χ3v) is 3.83. The minimum absolute atomic E-state index is 0.0916. The Labute approximate surface area is 144 Å². The summed E-state index contributed by atoms with van der Waals surface area (Å²) in [4.78, 5) is 28.1. The Morgan fingerprint density at radius 3 is 2.84 bits per heavy atom. The van der Waals surface area contributed by atoms with E-state index in [0.717, 1.165) is 12.1 Å². The van der Waals surface area contributed by atoms with Crippen molar-refractivity contribution in [2.75, 3.05) is 10.6 Å². The van der Waals surface area contributed by atoms with Crippen LogP contribution in [-0.2, 0) is 15.8 Å². The minimum atomic E-state index is -4.65. The highest BCUT2D eigenvalue weighted by Crippen LogP contribution is 2.36. The average Bonchev–Trinajstić information content (AvgIpc) is 2.87. The summed E-state index contributed by atoms with van der Waals surface area (Å²) in [6.07, 6.45) is -4.86. The predicted octanol–water partition coefficient (Wildman–Crippen LogP) is 2.78. The summed E-state index contributed by atoms with van der Waals surface area (Å²) in [5.74, 6) is -0.662. The first-order valence-corrected chi connectivity index (χ1v) is 7.43. The molecule has 1 aliphatic heterocycles. The number of nitrogens with zero attached hydrogens (tertiary/aromatic N) is 3. The molecule has 132 valence electrons. The number of anilines is 2. The second kappa shape index (κ2) is 6.03. The monoisotopic (exact) mass is 373 g/mol. The maximum absolute atomic E-state index is 12.9. The van der Waals surface area contributed by atoms with Crippen molar-refractivity contribution in [1.29, 1.82) is 0 Å². The first kappa shape index (κ1) is 17.2. The lowest BCUT2D eigenvalue weighted by Gasteiger charge is -2.22. The van der Waals surface area contributed by atoms with Gasteiger partial charge < -0.3 is 5.32 Å². The van der Waals surface area contributed by atoms with Crippen LogP contribution < -0.4 is 10.6 Å². The van der Waals surface area contributed by atoms with Crippen LogP contribution in [0.4, 0.5) is 24.8 Å². The lowest BCUT2D eigenvalue weighted by Crippen LogP contribution is -2.36. The fourth-order valence-electron chi connectivity index (χ4n) is 2.42. The Bertz CT molecular complexity index is 865. The van der Waals surface area contributed by atoms with Gasteiger partial charge in [-0.2, -0.15) is 23.3 Å². The van der Waals surface area contributed by atoms with Gasteiger partial charge in [-0.1, -0.05) is 11.6 Å². The van der Waals surface area contributed by atoms with Crippen molar-refractivity contribution in [2.24, 2.45) is 0 Å². The summed E-state index contributed by atoms with van der Waals surface area (Å²) in [5.41, 5.74) is -1.16. The van der Waals surface area contributed by atoms with Gasteiger partial charge in [0.05, 0.1) is 17.0 Å². The fraction of sp³-hybridized carbons (Fsp3) is 0.286. The highest BCUT2D eigenvalue weighted by Gasteiger charge is 2.35. The number of carbonyl (C=O) groups excluding carboxylic acids is 2. The van der Waals surface area contributed by atoms with Crippen molar-refractivity contribution in [3.63, 3.8) is 0 Å². The number of halogens is 4. The number of aromatic nitrogens is 3. The zero-order chi connectivity index (χ0) is 18.4. The molecule has 1 aliphatic rings. The SMILES string of the molecule is Cc1nc2n(n1)[C@@H](C(=O)Nc1ccc(Cl)c(C(F)(F)F)c1)CC(=O)N2. The van der Waals surface area contributed by atoms with Crippen LogP contribution in [0.1, 0.15) is 23.9 Å². The quantitative estimate of drug-likeness (QED) is 0.847. The van der Waals surface area contributed by atoms with E-state index in [0.29, 0.717) is 5.82 Å². The largest absolute Gasteiger partial charge is 0.417 e. The molecule has 0 bridgehead atoms. The number of fused-ring (bicyclic) bond motifs is 1.